The van der Waals surface area contributed by atoms with Crippen molar-refractivity contribution in [2.75, 3.05) is 5.01 Å². The summed E-state index contributed by atoms with van der Waals surface area (Å²) < 4.78 is 1.60. The highest BCUT2D eigenvalue weighted by atomic mass is 16.4. The van der Waals surface area contributed by atoms with Crippen LogP contribution in [-0.4, -0.2) is 26.9 Å². The van der Waals surface area contributed by atoms with Crippen LogP contribution in [0, 0.1) is 0 Å². The van der Waals surface area contributed by atoms with Crippen molar-refractivity contribution in [3.05, 3.63) is 30.1 Å². The molecular formula is C13H17N3O2. The maximum absolute atomic E-state index is 11.3. The van der Waals surface area contributed by atoms with E-state index in [9.17, 15) is 9.90 Å². The van der Waals surface area contributed by atoms with Crippen LogP contribution in [0.15, 0.2) is 24.5 Å². The van der Waals surface area contributed by atoms with Crippen LogP contribution >= 0.6 is 0 Å². The largest absolute Gasteiger partial charge is 0.464 e. The third-order valence-corrected chi connectivity index (χ3v) is 2.94. The molecule has 1 aromatic carbocycles. The number of nitrogens with zero attached hydrogens (tertiary/aromatic N) is 3. The molecule has 2 aromatic rings. The van der Waals surface area contributed by atoms with Crippen molar-refractivity contribution >= 4 is 17.1 Å². The molecule has 0 unspecified atom stereocenters. The standard InChI is InChI=1S/C13H17N3O2/c1-4-10-6-5-7-11-12(10)14-8-15(11)16(9(2)3)13(17)18/h5-9H,4H2,1-3H3,(H,17,18). The molecule has 0 radical (unpaired) electrons. The van der Waals surface area contributed by atoms with Gasteiger partial charge in [-0.25, -0.2) is 19.5 Å². The molecule has 0 aliphatic heterocycles. The van der Waals surface area contributed by atoms with E-state index < -0.39 is 6.09 Å². The molecular weight excluding hydrogens is 230 g/mol. The lowest BCUT2D eigenvalue weighted by Gasteiger charge is -2.24. The summed E-state index contributed by atoms with van der Waals surface area (Å²) in [5.41, 5.74) is 2.82. The fourth-order valence-corrected chi connectivity index (χ4v) is 2.11. The first-order chi connectivity index (χ1) is 8.56. The summed E-state index contributed by atoms with van der Waals surface area (Å²) >= 11 is 0. The quantitative estimate of drug-likeness (QED) is 0.907. The van der Waals surface area contributed by atoms with Gasteiger partial charge < -0.3 is 5.11 Å². The number of aryl methyl sites for hydroxylation is 1. The summed E-state index contributed by atoms with van der Waals surface area (Å²) in [6, 6.07) is 5.69. The van der Waals surface area contributed by atoms with Gasteiger partial charge in [-0.15, -0.1) is 0 Å². The lowest BCUT2D eigenvalue weighted by molar-refractivity contribution is 0.192. The van der Waals surface area contributed by atoms with E-state index in [1.54, 1.807) is 11.0 Å². The van der Waals surface area contributed by atoms with Gasteiger partial charge >= 0.3 is 6.09 Å². The van der Waals surface area contributed by atoms with Gasteiger partial charge in [0.25, 0.3) is 0 Å². The first kappa shape index (κ1) is 12.4. The van der Waals surface area contributed by atoms with Crippen molar-refractivity contribution in [2.24, 2.45) is 0 Å². The molecule has 5 nitrogen and oxygen atoms in total. The Morgan fingerprint density at radius 1 is 1.50 bits per heavy atom. The van der Waals surface area contributed by atoms with E-state index in [1.165, 1.54) is 5.01 Å². The molecule has 0 aliphatic carbocycles. The highest BCUT2D eigenvalue weighted by Crippen LogP contribution is 2.19. The lowest BCUT2D eigenvalue weighted by Crippen LogP contribution is -2.44. The number of aromatic nitrogens is 2. The molecule has 0 spiro atoms. The fourth-order valence-electron chi connectivity index (χ4n) is 2.11. The Bertz CT molecular complexity index is 575. The van der Waals surface area contributed by atoms with Crippen LogP contribution in [0.2, 0.25) is 0 Å². The van der Waals surface area contributed by atoms with Gasteiger partial charge in [0, 0.05) is 0 Å². The monoisotopic (exact) mass is 247 g/mol. The molecule has 96 valence electrons. The molecule has 0 atom stereocenters. The third-order valence-electron chi connectivity index (χ3n) is 2.94. The van der Waals surface area contributed by atoms with Gasteiger partial charge in [0.1, 0.15) is 6.33 Å². The smallest absolute Gasteiger partial charge is 0.426 e. The highest BCUT2D eigenvalue weighted by molar-refractivity contribution is 5.84. The predicted octanol–water partition coefficient (Wildman–Crippen LogP) is 2.62. The van der Waals surface area contributed by atoms with Crippen LogP contribution in [0.4, 0.5) is 4.79 Å². The molecule has 2 rings (SSSR count). The second-order valence-corrected chi connectivity index (χ2v) is 4.45. The van der Waals surface area contributed by atoms with Gasteiger partial charge in [-0.3, -0.25) is 0 Å². The number of rotatable bonds is 3. The van der Waals surface area contributed by atoms with Crippen molar-refractivity contribution < 1.29 is 9.90 Å². The number of carbonyl (C=O) groups is 1. The van der Waals surface area contributed by atoms with Gasteiger partial charge in [-0.1, -0.05) is 19.1 Å². The van der Waals surface area contributed by atoms with Gasteiger partial charge in [0.2, 0.25) is 0 Å². The maximum atomic E-state index is 11.3. The molecule has 0 fully saturated rings. The van der Waals surface area contributed by atoms with Crippen LogP contribution in [-0.2, 0) is 6.42 Å². The van der Waals surface area contributed by atoms with E-state index in [0.29, 0.717) is 0 Å². The van der Waals surface area contributed by atoms with Crippen molar-refractivity contribution in [3.8, 4) is 0 Å². The molecule has 1 N–H and O–H groups in total. The summed E-state index contributed by atoms with van der Waals surface area (Å²) in [6.45, 7) is 5.73. The number of para-hydroxylation sites is 1. The SMILES string of the molecule is CCc1cccc2c1ncn2N(C(=O)O)C(C)C. The summed E-state index contributed by atoms with van der Waals surface area (Å²) in [5, 5.41) is 10.6. The summed E-state index contributed by atoms with van der Waals surface area (Å²) in [7, 11) is 0. The number of hydrogen-bond donors (Lipinski definition) is 1. The molecule has 1 aromatic heterocycles. The van der Waals surface area contributed by atoms with E-state index in [4.69, 9.17) is 0 Å². The third kappa shape index (κ3) is 1.92. The molecule has 1 heterocycles. The zero-order valence-electron chi connectivity index (χ0n) is 10.8. The van der Waals surface area contributed by atoms with E-state index in [-0.39, 0.29) is 6.04 Å². The average molecular weight is 247 g/mol. The Morgan fingerprint density at radius 2 is 2.22 bits per heavy atom. The van der Waals surface area contributed by atoms with E-state index in [1.807, 2.05) is 32.0 Å². The Labute approximate surface area is 106 Å². The Hall–Kier alpha value is -2.04. The van der Waals surface area contributed by atoms with Gasteiger partial charge in [-0.2, -0.15) is 0 Å². The first-order valence-corrected chi connectivity index (χ1v) is 6.03. The number of carboxylic acid groups (broad SMARTS) is 1. The van der Waals surface area contributed by atoms with E-state index in [0.717, 1.165) is 23.0 Å². The normalized spacial score (nSPS) is 11.1. The lowest BCUT2D eigenvalue weighted by atomic mass is 10.1. The van der Waals surface area contributed by atoms with Crippen LogP contribution in [0.5, 0.6) is 0 Å². The van der Waals surface area contributed by atoms with Crippen LogP contribution in [0.1, 0.15) is 26.3 Å². The zero-order valence-corrected chi connectivity index (χ0v) is 10.8. The van der Waals surface area contributed by atoms with Gasteiger partial charge in [0.05, 0.1) is 17.1 Å². The molecule has 0 bridgehead atoms. The fraction of sp³-hybridized carbons (Fsp3) is 0.385. The van der Waals surface area contributed by atoms with Crippen molar-refractivity contribution in [1.29, 1.82) is 0 Å². The maximum Gasteiger partial charge on any atom is 0.426 e. The minimum atomic E-state index is -0.980. The minimum absolute atomic E-state index is 0.148. The number of fused-ring (bicyclic) bond motifs is 1. The van der Waals surface area contributed by atoms with Crippen LogP contribution < -0.4 is 5.01 Å². The Kier molecular flexibility index (Phi) is 3.23. The number of benzene rings is 1. The summed E-state index contributed by atoms with van der Waals surface area (Å²) in [6.07, 6.45) is 1.47. The topological polar surface area (TPSA) is 58.4 Å². The number of imidazole rings is 1. The second-order valence-electron chi connectivity index (χ2n) is 4.45. The zero-order chi connectivity index (χ0) is 13.3. The van der Waals surface area contributed by atoms with Gasteiger partial charge in [0.15, 0.2) is 0 Å². The van der Waals surface area contributed by atoms with Crippen LogP contribution in [0.3, 0.4) is 0 Å². The van der Waals surface area contributed by atoms with E-state index in [2.05, 4.69) is 11.9 Å². The minimum Gasteiger partial charge on any atom is -0.464 e. The molecule has 5 heteroatoms. The van der Waals surface area contributed by atoms with E-state index >= 15 is 0 Å². The average Bonchev–Trinajstić information content (AvgIpc) is 2.72. The molecule has 0 saturated heterocycles. The number of hydrogen-bond acceptors (Lipinski definition) is 2. The molecule has 0 saturated carbocycles. The summed E-state index contributed by atoms with van der Waals surface area (Å²) in [4.78, 5) is 15.6. The molecule has 0 aliphatic rings. The van der Waals surface area contributed by atoms with Crippen molar-refractivity contribution in [3.63, 3.8) is 0 Å². The van der Waals surface area contributed by atoms with Gasteiger partial charge in [-0.05, 0) is 31.9 Å². The van der Waals surface area contributed by atoms with Crippen LogP contribution in [0.25, 0.3) is 11.0 Å². The molecule has 18 heavy (non-hydrogen) atoms. The number of amides is 1. The van der Waals surface area contributed by atoms with Crippen molar-refractivity contribution in [1.82, 2.24) is 9.66 Å². The predicted molar refractivity (Wildman–Crippen MR) is 70.5 cm³/mol. The Morgan fingerprint density at radius 3 is 2.78 bits per heavy atom. The summed E-state index contributed by atoms with van der Waals surface area (Å²) in [5.74, 6) is 0. The first-order valence-electron chi connectivity index (χ1n) is 6.03. The Balaban J connectivity index is 2.61. The van der Waals surface area contributed by atoms with Crippen molar-refractivity contribution in [2.45, 2.75) is 33.2 Å². The highest BCUT2D eigenvalue weighted by Gasteiger charge is 2.20. The molecule has 1 amide bonds. The second kappa shape index (κ2) is 4.68.